The van der Waals surface area contributed by atoms with Gasteiger partial charge in [0.2, 0.25) is 0 Å². The number of anilines is 1. The van der Waals surface area contributed by atoms with Crippen LogP contribution in [0.3, 0.4) is 0 Å². The van der Waals surface area contributed by atoms with Crippen molar-refractivity contribution >= 4 is 32.6 Å². The molecule has 0 bridgehead atoms. The summed E-state index contributed by atoms with van der Waals surface area (Å²) in [4.78, 5) is 21.5. The summed E-state index contributed by atoms with van der Waals surface area (Å²) in [5.74, 6) is 0.795. The van der Waals surface area contributed by atoms with Gasteiger partial charge in [0.05, 0.1) is 11.8 Å². The summed E-state index contributed by atoms with van der Waals surface area (Å²) in [6, 6.07) is 7.81. The number of aromatic nitrogens is 3. The summed E-state index contributed by atoms with van der Waals surface area (Å²) in [5.41, 5.74) is 2.40. The number of ether oxygens (including phenoxy) is 1. The highest BCUT2D eigenvalue weighted by Gasteiger charge is 2.25. The number of carbonyl (C=O) groups is 1. The summed E-state index contributed by atoms with van der Waals surface area (Å²) >= 11 is 1.66. The van der Waals surface area contributed by atoms with Crippen molar-refractivity contribution < 1.29 is 9.53 Å². The molecule has 136 valence electrons. The van der Waals surface area contributed by atoms with Crippen molar-refractivity contribution in [3.8, 4) is 5.75 Å². The Hall–Kier alpha value is -2.61. The molecule has 7 nitrogen and oxygen atoms in total. The molecule has 0 saturated carbocycles. The van der Waals surface area contributed by atoms with Gasteiger partial charge in [0.25, 0.3) is 5.91 Å². The smallest absolute Gasteiger partial charge is 0.274 e. The number of hydrogen-bond donors (Lipinski definition) is 0. The van der Waals surface area contributed by atoms with E-state index < -0.39 is 0 Å². The van der Waals surface area contributed by atoms with E-state index in [0.29, 0.717) is 18.8 Å². The zero-order chi connectivity index (χ0) is 18.3. The number of para-hydroxylation sites is 1. The van der Waals surface area contributed by atoms with Crippen molar-refractivity contribution in [2.24, 2.45) is 7.05 Å². The Balaban J connectivity index is 1.47. The maximum atomic E-state index is 12.6. The zero-order valence-corrected chi connectivity index (χ0v) is 15.9. The van der Waals surface area contributed by atoms with Crippen molar-refractivity contribution in [3.63, 3.8) is 0 Å². The van der Waals surface area contributed by atoms with Gasteiger partial charge in [0.15, 0.2) is 10.8 Å². The quantitative estimate of drug-likeness (QED) is 0.707. The number of aryl methyl sites for hydroxylation is 2. The number of carbonyl (C=O) groups excluding carboxylic acids is 1. The fraction of sp³-hybridized carbons (Fsp3) is 0.389. The van der Waals surface area contributed by atoms with Crippen LogP contribution in [-0.4, -0.2) is 58.9 Å². The predicted molar refractivity (Wildman–Crippen MR) is 102 cm³/mol. The number of amides is 1. The molecule has 0 unspecified atom stereocenters. The number of hydrogen-bond acceptors (Lipinski definition) is 6. The summed E-state index contributed by atoms with van der Waals surface area (Å²) in [6.45, 7) is 4.81. The maximum absolute atomic E-state index is 12.6. The van der Waals surface area contributed by atoms with Crippen LogP contribution >= 0.6 is 11.3 Å². The van der Waals surface area contributed by atoms with E-state index in [1.807, 2.05) is 37.1 Å². The predicted octanol–water partition coefficient (Wildman–Crippen LogP) is 2.31. The van der Waals surface area contributed by atoms with Gasteiger partial charge in [-0.05, 0) is 25.1 Å². The highest BCUT2D eigenvalue weighted by atomic mass is 32.1. The number of nitrogens with zero attached hydrogens (tertiary/aromatic N) is 5. The van der Waals surface area contributed by atoms with Crippen LogP contribution < -0.4 is 9.64 Å². The van der Waals surface area contributed by atoms with Crippen LogP contribution in [0.2, 0.25) is 0 Å². The molecular formula is C18H21N5O2S. The SMILES string of the molecule is COc1cccc2sc(N3CCN(C(=O)c4cc(C)n(C)n4)CC3)nc12. The Labute approximate surface area is 155 Å². The van der Waals surface area contributed by atoms with Crippen LogP contribution in [0.5, 0.6) is 5.75 Å². The standard InChI is InChI=1S/C18H21N5O2S/c1-12-11-13(20-21(12)2)17(24)22-7-9-23(10-8-22)18-19-16-14(25-3)5-4-6-15(16)26-18/h4-6,11H,7-10H2,1-3H3. The second kappa shape index (κ2) is 6.60. The Bertz CT molecular complexity index is 936. The van der Waals surface area contributed by atoms with Gasteiger partial charge in [0, 0.05) is 38.9 Å². The van der Waals surface area contributed by atoms with Crippen molar-refractivity contribution in [1.29, 1.82) is 0 Å². The lowest BCUT2D eigenvalue weighted by molar-refractivity contribution is 0.0740. The van der Waals surface area contributed by atoms with E-state index in [9.17, 15) is 4.79 Å². The number of piperazine rings is 1. The lowest BCUT2D eigenvalue weighted by atomic mass is 10.2. The fourth-order valence-electron chi connectivity index (χ4n) is 3.14. The largest absolute Gasteiger partial charge is 0.494 e. The van der Waals surface area contributed by atoms with Crippen molar-refractivity contribution in [2.75, 3.05) is 38.2 Å². The molecule has 0 aliphatic carbocycles. The second-order valence-corrected chi connectivity index (χ2v) is 7.39. The summed E-state index contributed by atoms with van der Waals surface area (Å²) in [7, 11) is 3.52. The molecule has 1 aliphatic rings. The van der Waals surface area contributed by atoms with Gasteiger partial charge in [-0.1, -0.05) is 17.4 Å². The van der Waals surface area contributed by atoms with E-state index in [1.165, 1.54) is 0 Å². The molecular weight excluding hydrogens is 350 g/mol. The van der Waals surface area contributed by atoms with Gasteiger partial charge in [-0.15, -0.1) is 0 Å². The summed E-state index contributed by atoms with van der Waals surface area (Å²) in [6.07, 6.45) is 0. The molecule has 1 aliphatic heterocycles. The third kappa shape index (κ3) is 2.90. The first-order valence-electron chi connectivity index (χ1n) is 8.55. The maximum Gasteiger partial charge on any atom is 0.274 e. The molecule has 26 heavy (non-hydrogen) atoms. The first kappa shape index (κ1) is 16.8. The molecule has 2 aromatic heterocycles. The van der Waals surface area contributed by atoms with Gasteiger partial charge in [0.1, 0.15) is 11.3 Å². The number of fused-ring (bicyclic) bond motifs is 1. The Morgan fingerprint density at radius 1 is 1.23 bits per heavy atom. The van der Waals surface area contributed by atoms with Gasteiger partial charge in [-0.2, -0.15) is 5.10 Å². The van der Waals surface area contributed by atoms with Crippen LogP contribution in [0.25, 0.3) is 10.2 Å². The molecule has 1 fully saturated rings. The lowest BCUT2D eigenvalue weighted by Crippen LogP contribution is -2.48. The third-order valence-corrected chi connectivity index (χ3v) is 5.84. The van der Waals surface area contributed by atoms with E-state index in [2.05, 4.69) is 16.1 Å². The van der Waals surface area contributed by atoms with E-state index in [4.69, 9.17) is 9.72 Å². The van der Waals surface area contributed by atoms with Crippen molar-refractivity contribution in [2.45, 2.75) is 6.92 Å². The van der Waals surface area contributed by atoms with Crippen LogP contribution in [-0.2, 0) is 7.05 Å². The summed E-state index contributed by atoms with van der Waals surface area (Å²) in [5, 5.41) is 5.28. The molecule has 3 heterocycles. The van der Waals surface area contributed by atoms with Crippen LogP contribution in [0.4, 0.5) is 5.13 Å². The molecule has 0 N–H and O–H groups in total. The first-order valence-corrected chi connectivity index (χ1v) is 9.37. The molecule has 1 aromatic carbocycles. The lowest BCUT2D eigenvalue weighted by Gasteiger charge is -2.34. The van der Waals surface area contributed by atoms with E-state index in [0.717, 1.165) is 39.9 Å². The Morgan fingerprint density at radius 2 is 2.00 bits per heavy atom. The van der Waals surface area contributed by atoms with E-state index in [-0.39, 0.29) is 5.91 Å². The average Bonchev–Trinajstić information content (AvgIpc) is 3.24. The van der Waals surface area contributed by atoms with Crippen LogP contribution in [0.1, 0.15) is 16.2 Å². The van der Waals surface area contributed by atoms with E-state index >= 15 is 0 Å². The van der Waals surface area contributed by atoms with Gasteiger partial charge in [-0.3, -0.25) is 9.48 Å². The molecule has 0 atom stereocenters. The number of thiazole rings is 1. The normalized spacial score (nSPS) is 14.9. The van der Waals surface area contributed by atoms with Gasteiger partial charge < -0.3 is 14.5 Å². The molecule has 4 rings (SSSR count). The molecule has 1 saturated heterocycles. The minimum absolute atomic E-state index is 0.000630. The molecule has 1 amide bonds. The van der Waals surface area contributed by atoms with E-state index in [1.54, 1.807) is 23.1 Å². The average molecular weight is 371 g/mol. The van der Waals surface area contributed by atoms with Crippen molar-refractivity contribution in [3.05, 3.63) is 35.7 Å². The Kier molecular flexibility index (Phi) is 4.28. The highest BCUT2D eigenvalue weighted by Crippen LogP contribution is 2.34. The van der Waals surface area contributed by atoms with Crippen LogP contribution in [0.15, 0.2) is 24.3 Å². The number of methoxy groups -OCH3 is 1. The Morgan fingerprint density at radius 3 is 2.65 bits per heavy atom. The highest BCUT2D eigenvalue weighted by molar-refractivity contribution is 7.22. The molecule has 0 spiro atoms. The topological polar surface area (TPSA) is 63.5 Å². The monoisotopic (exact) mass is 371 g/mol. The molecule has 3 aromatic rings. The summed E-state index contributed by atoms with van der Waals surface area (Å²) < 4.78 is 8.25. The fourth-order valence-corrected chi connectivity index (χ4v) is 4.17. The molecule has 0 radical (unpaired) electrons. The van der Waals surface area contributed by atoms with Gasteiger partial charge in [-0.25, -0.2) is 4.98 Å². The number of benzene rings is 1. The third-order valence-electron chi connectivity index (χ3n) is 4.76. The van der Waals surface area contributed by atoms with Crippen molar-refractivity contribution in [1.82, 2.24) is 19.7 Å². The number of rotatable bonds is 3. The molecule has 8 heteroatoms. The zero-order valence-electron chi connectivity index (χ0n) is 15.1. The van der Waals surface area contributed by atoms with Crippen LogP contribution in [0, 0.1) is 6.92 Å². The minimum atomic E-state index is -0.000630. The second-order valence-electron chi connectivity index (χ2n) is 6.38. The van der Waals surface area contributed by atoms with Gasteiger partial charge >= 0.3 is 0 Å². The first-order chi connectivity index (χ1) is 12.6. The minimum Gasteiger partial charge on any atom is -0.494 e.